The van der Waals surface area contributed by atoms with Crippen LogP contribution in [-0.4, -0.2) is 32.1 Å². The van der Waals surface area contributed by atoms with E-state index in [1.165, 1.54) is 11.8 Å². The van der Waals surface area contributed by atoms with E-state index >= 15 is 0 Å². The van der Waals surface area contributed by atoms with Crippen molar-refractivity contribution >= 4 is 34.4 Å². The minimum Gasteiger partial charge on any atom is -0.352 e. The molecule has 0 bridgehead atoms. The Morgan fingerprint density at radius 2 is 1.88 bits per heavy atom. The third kappa shape index (κ3) is 5.87. The van der Waals surface area contributed by atoms with Gasteiger partial charge in [-0.25, -0.2) is 4.99 Å². The van der Waals surface area contributed by atoms with Crippen molar-refractivity contribution in [3.8, 4) is 0 Å². The zero-order valence-electron chi connectivity index (χ0n) is 18.7. The van der Waals surface area contributed by atoms with Crippen LogP contribution in [-0.2, 0) is 22.7 Å². The Balaban J connectivity index is 1.52. The maximum absolute atomic E-state index is 13.3. The smallest absolute Gasteiger partial charge is 0.243 e. The molecule has 0 aliphatic carbocycles. The maximum Gasteiger partial charge on any atom is 0.243 e. The van der Waals surface area contributed by atoms with Gasteiger partial charge in [0.2, 0.25) is 11.8 Å². The molecule has 7 heteroatoms. The molecule has 168 valence electrons. The minimum absolute atomic E-state index is 0.0982. The molecule has 0 saturated carbocycles. The van der Waals surface area contributed by atoms with Crippen LogP contribution in [0.15, 0.2) is 77.9 Å². The molecule has 3 aromatic rings. The van der Waals surface area contributed by atoms with E-state index in [-0.39, 0.29) is 18.2 Å². The molecule has 1 aromatic heterocycles. The Hall–Kier alpha value is -3.45. The fourth-order valence-corrected chi connectivity index (χ4v) is 4.75. The zero-order valence-corrected chi connectivity index (χ0v) is 19.5. The third-order valence-electron chi connectivity index (χ3n) is 5.34. The molecule has 33 heavy (non-hydrogen) atoms. The van der Waals surface area contributed by atoms with Gasteiger partial charge in [-0.2, -0.15) is 0 Å². The normalized spacial score (nSPS) is 16.9. The summed E-state index contributed by atoms with van der Waals surface area (Å²) in [6, 6.07) is 21.4. The van der Waals surface area contributed by atoms with Gasteiger partial charge in [-0.15, -0.1) is 0 Å². The zero-order chi connectivity index (χ0) is 23.2. The highest BCUT2D eigenvalue weighted by Crippen LogP contribution is 2.33. The summed E-state index contributed by atoms with van der Waals surface area (Å²) >= 11 is 1.34. The van der Waals surface area contributed by atoms with Crippen molar-refractivity contribution in [2.24, 2.45) is 4.99 Å². The van der Waals surface area contributed by atoms with Crippen molar-refractivity contribution in [3.05, 3.63) is 95.3 Å². The Labute approximate surface area is 198 Å². The molecule has 1 fully saturated rings. The lowest BCUT2D eigenvalue weighted by Crippen LogP contribution is -2.34. The van der Waals surface area contributed by atoms with Crippen LogP contribution >= 0.6 is 11.8 Å². The summed E-state index contributed by atoms with van der Waals surface area (Å²) < 4.78 is 0. The number of benzene rings is 2. The number of hydrogen-bond acceptors (Lipinski definition) is 5. The first-order chi connectivity index (χ1) is 16.0. The van der Waals surface area contributed by atoms with Crippen molar-refractivity contribution < 1.29 is 9.59 Å². The molecule has 2 heterocycles. The third-order valence-corrected chi connectivity index (χ3v) is 6.51. The molecule has 4 rings (SSSR count). The topological polar surface area (TPSA) is 74.7 Å². The standard InChI is InChI=1S/C26H26N4O2S/c1-18-11-12-22(19(2)14-18)29-26-30(17-21-10-6-7-13-27-21)25(32)23(33-26)15-24(31)28-16-20-8-4-3-5-9-20/h3-14,23H,15-17H2,1-2H3,(H,28,31). The predicted octanol–water partition coefficient (Wildman–Crippen LogP) is 4.54. The van der Waals surface area contributed by atoms with E-state index in [9.17, 15) is 9.59 Å². The number of pyridine rings is 1. The lowest BCUT2D eigenvalue weighted by molar-refractivity contribution is -0.129. The number of amidine groups is 1. The molecule has 1 unspecified atom stereocenters. The molecule has 1 N–H and O–H groups in total. The summed E-state index contributed by atoms with van der Waals surface area (Å²) in [5.41, 5.74) is 4.80. The van der Waals surface area contributed by atoms with E-state index in [0.717, 1.165) is 28.1 Å². The molecule has 2 amide bonds. The average Bonchev–Trinajstić information content (AvgIpc) is 3.09. The largest absolute Gasteiger partial charge is 0.352 e. The molecular weight excluding hydrogens is 432 g/mol. The predicted molar refractivity (Wildman–Crippen MR) is 132 cm³/mol. The number of carbonyl (C=O) groups is 2. The molecule has 0 radical (unpaired) electrons. The molecule has 1 aliphatic heterocycles. The van der Waals surface area contributed by atoms with Gasteiger partial charge in [0, 0.05) is 19.2 Å². The average molecular weight is 459 g/mol. The van der Waals surface area contributed by atoms with Crippen LogP contribution in [0.25, 0.3) is 0 Å². The monoisotopic (exact) mass is 458 g/mol. The first-order valence-corrected chi connectivity index (χ1v) is 11.7. The molecule has 1 saturated heterocycles. The summed E-state index contributed by atoms with van der Waals surface area (Å²) in [6.07, 6.45) is 1.80. The molecule has 1 aliphatic rings. The van der Waals surface area contributed by atoms with Gasteiger partial charge in [-0.05, 0) is 43.2 Å². The lowest BCUT2D eigenvalue weighted by Gasteiger charge is -2.16. The fourth-order valence-electron chi connectivity index (χ4n) is 3.60. The number of thioether (sulfide) groups is 1. The second-order valence-electron chi connectivity index (χ2n) is 8.00. The number of amides is 2. The van der Waals surface area contributed by atoms with Gasteiger partial charge in [0.05, 0.1) is 17.9 Å². The summed E-state index contributed by atoms with van der Waals surface area (Å²) in [6.45, 7) is 4.80. The maximum atomic E-state index is 13.3. The van der Waals surface area contributed by atoms with E-state index in [2.05, 4.69) is 16.4 Å². The van der Waals surface area contributed by atoms with Gasteiger partial charge in [-0.1, -0.05) is 65.9 Å². The molecule has 0 spiro atoms. The quantitative estimate of drug-likeness (QED) is 0.564. The number of carbonyl (C=O) groups excluding carboxylic acids is 2. The first kappa shape index (κ1) is 22.7. The highest BCUT2D eigenvalue weighted by Gasteiger charge is 2.39. The van der Waals surface area contributed by atoms with Crippen LogP contribution < -0.4 is 5.32 Å². The van der Waals surface area contributed by atoms with Gasteiger partial charge in [0.1, 0.15) is 5.25 Å². The second kappa shape index (κ2) is 10.4. The van der Waals surface area contributed by atoms with E-state index in [4.69, 9.17) is 4.99 Å². The van der Waals surface area contributed by atoms with Crippen LogP contribution in [0.3, 0.4) is 0 Å². The van der Waals surface area contributed by atoms with Crippen molar-refractivity contribution in [1.29, 1.82) is 0 Å². The number of rotatable bonds is 7. The fraction of sp³-hybridized carbons (Fsp3) is 0.231. The van der Waals surface area contributed by atoms with Crippen LogP contribution in [0.2, 0.25) is 0 Å². The summed E-state index contributed by atoms with van der Waals surface area (Å²) in [5, 5.41) is 2.99. The van der Waals surface area contributed by atoms with E-state index in [0.29, 0.717) is 18.3 Å². The molecule has 1 atom stereocenters. The van der Waals surface area contributed by atoms with Crippen LogP contribution in [0, 0.1) is 13.8 Å². The summed E-state index contributed by atoms with van der Waals surface area (Å²) in [4.78, 5) is 36.7. The Morgan fingerprint density at radius 3 is 2.61 bits per heavy atom. The van der Waals surface area contributed by atoms with Gasteiger partial charge in [0.25, 0.3) is 0 Å². The highest BCUT2D eigenvalue weighted by molar-refractivity contribution is 8.15. The first-order valence-electron chi connectivity index (χ1n) is 10.8. The van der Waals surface area contributed by atoms with E-state index in [1.807, 2.05) is 74.5 Å². The Bertz CT molecular complexity index is 1170. The minimum atomic E-state index is -0.519. The van der Waals surface area contributed by atoms with Crippen molar-refractivity contribution in [1.82, 2.24) is 15.2 Å². The van der Waals surface area contributed by atoms with Crippen LogP contribution in [0.1, 0.15) is 28.8 Å². The number of hydrogen-bond donors (Lipinski definition) is 1. The number of nitrogens with zero attached hydrogens (tertiary/aromatic N) is 3. The van der Waals surface area contributed by atoms with E-state index in [1.54, 1.807) is 11.1 Å². The highest BCUT2D eigenvalue weighted by atomic mass is 32.2. The number of aliphatic imine (C=N–C) groups is 1. The van der Waals surface area contributed by atoms with Gasteiger partial charge < -0.3 is 5.32 Å². The van der Waals surface area contributed by atoms with Crippen molar-refractivity contribution in [2.45, 2.75) is 38.6 Å². The summed E-state index contributed by atoms with van der Waals surface area (Å²) in [5.74, 6) is -0.278. The van der Waals surface area contributed by atoms with Gasteiger partial charge >= 0.3 is 0 Å². The molecular formula is C26H26N4O2S. The number of aromatic nitrogens is 1. The van der Waals surface area contributed by atoms with Crippen LogP contribution in [0.4, 0.5) is 5.69 Å². The SMILES string of the molecule is Cc1ccc(N=C2SC(CC(=O)NCc3ccccc3)C(=O)N2Cc2ccccn2)c(C)c1. The van der Waals surface area contributed by atoms with Gasteiger partial charge in [-0.3, -0.25) is 19.5 Å². The Kier molecular flexibility index (Phi) is 7.19. The lowest BCUT2D eigenvalue weighted by atomic mass is 10.1. The number of aryl methyl sites for hydroxylation is 2. The van der Waals surface area contributed by atoms with Gasteiger partial charge in [0.15, 0.2) is 5.17 Å². The molecule has 6 nitrogen and oxygen atoms in total. The van der Waals surface area contributed by atoms with Crippen LogP contribution in [0.5, 0.6) is 0 Å². The summed E-state index contributed by atoms with van der Waals surface area (Å²) in [7, 11) is 0. The molecule has 2 aromatic carbocycles. The number of nitrogens with one attached hydrogen (secondary N) is 1. The van der Waals surface area contributed by atoms with Crippen molar-refractivity contribution in [2.75, 3.05) is 0 Å². The second-order valence-corrected chi connectivity index (χ2v) is 9.17. The van der Waals surface area contributed by atoms with E-state index < -0.39 is 5.25 Å². The van der Waals surface area contributed by atoms with Crippen molar-refractivity contribution in [3.63, 3.8) is 0 Å². The Morgan fingerprint density at radius 1 is 1.09 bits per heavy atom.